The van der Waals surface area contributed by atoms with Gasteiger partial charge in [0.25, 0.3) is 0 Å². The number of halogens is 1. The van der Waals surface area contributed by atoms with Crippen LogP contribution in [0.4, 0.5) is 5.69 Å². The molecule has 0 unspecified atom stereocenters. The van der Waals surface area contributed by atoms with E-state index in [9.17, 15) is 0 Å². The van der Waals surface area contributed by atoms with Gasteiger partial charge >= 0.3 is 0 Å². The number of nitrogens with one attached hydrogen (secondary N) is 1. The Kier molecular flexibility index (Phi) is 4.28. The van der Waals surface area contributed by atoms with E-state index in [-0.39, 0.29) is 0 Å². The van der Waals surface area contributed by atoms with Crippen LogP contribution in [0.15, 0.2) is 36.4 Å². The Morgan fingerprint density at radius 2 is 2.15 bits per heavy atom. The molecule has 0 atom stereocenters. The molecule has 0 aromatic heterocycles. The second-order valence-electron chi connectivity index (χ2n) is 3.11. The third-order valence-electron chi connectivity index (χ3n) is 1.74. The SMILES string of the molecule is C=C(C)CCNc1ccccc1I. The average Bonchev–Trinajstić information content (AvgIpc) is 2.08. The molecule has 1 rings (SSSR count). The first kappa shape index (κ1) is 10.6. The molecular weight excluding hydrogens is 273 g/mol. The molecule has 0 aliphatic heterocycles. The van der Waals surface area contributed by atoms with E-state index in [2.05, 4.69) is 53.5 Å². The van der Waals surface area contributed by atoms with Crippen LogP contribution in [0.3, 0.4) is 0 Å². The molecule has 70 valence electrons. The summed E-state index contributed by atoms with van der Waals surface area (Å²) in [4.78, 5) is 0. The van der Waals surface area contributed by atoms with Gasteiger partial charge in [-0.1, -0.05) is 17.7 Å². The summed E-state index contributed by atoms with van der Waals surface area (Å²) in [7, 11) is 0. The maximum atomic E-state index is 3.87. The van der Waals surface area contributed by atoms with Crippen molar-refractivity contribution in [1.82, 2.24) is 0 Å². The van der Waals surface area contributed by atoms with Crippen LogP contribution in [0, 0.1) is 3.57 Å². The lowest BCUT2D eigenvalue weighted by Crippen LogP contribution is -2.02. The Hall–Kier alpha value is -0.510. The molecule has 0 saturated carbocycles. The van der Waals surface area contributed by atoms with Crippen LogP contribution in [0.1, 0.15) is 13.3 Å². The Morgan fingerprint density at radius 3 is 2.77 bits per heavy atom. The Morgan fingerprint density at radius 1 is 1.46 bits per heavy atom. The van der Waals surface area contributed by atoms with Gasteiger partial charge in [0.15, 0.2) is 0 Å². The van der Waals surface area contributed by atoms with Gasteiger partial charge in [-0.25, -0.2) is 0 Å². The molecule has 1 N–H and O–H groups in total. The summed E-state index contributed by atoms with van der Waals surface area (Å²) in [6.07, 6.45) is 1.03. The average molecular weight is 287 g/mol. The van der Waals surface area contributed by atoms with Gasteiger partial charge < -0.3 is 5.32 Å². The first-order valence-corrected chi connectivity index (χ1v) is 5.41. The summed E-state index contributed by atoms with van der Waals surface area (Å²) in [5.41, 5.74) is 2.43. The monoisotopic (exact) mass is 287 g/mol. The summed E-state index contributed by atoms with van der Waals surface area (Å²) >= 11 is 2.33. The van der Waals surface area contributed by atoms with Crippen molar-refractivity contribution in [3.05, 3.63) is 40.0 Å². The second kappa shape index (κ2) is 5.27. The summed E-state index contributed by atoms with van der Waals surface area (Å²) in [5, 5.41) is 3.38. The Bertz CT molecular complexity index is 294. The van der Waals surface area contributed by atoms with Crippen LogP contribution in [0.25, 0.3) is 0 Å². The zero-order chi connectivity index (χ0) is 9.68. The Balaban J connectivity index is 2.45. The maximum Gasteiger partial charge on any atom is 0.0475 e. The van der Waals surface area contributed by atoms with Crippen molar-refractivity contribution >= 4 is 28.3 Å². The molecule has 2 heteroatoms. The third kappa shape index (κ3) is 3.81. The fourth-order valence-electron chi connectivity index (χ4n) is 1.02. The molecule has 13 heavy (non-hydrogen) atoms. The van der Waals surface area contributed by atoms with Gasteiger partial charge in [0.05, 0.1) is 0 Å². The van der Waals surface area contributed by atoms with E-state index in [1.165, 1.54) is 14.8 Å². The molecule has 0 heterocycles. The first-order chi connectivity index (χ1) is 6.20. The van der Waals surface area contributed by atoms with Crippen LogP contribution >= 0.6 is 22.6 Å². The van der Waals surface area contributed by atoms with Crippen LogP contribution in [-0.4, -0.2) is 6.54 Å². The molecule has 0 amide bonds. The van der Waals surface area contributed by atoms with Crippen molar-refractivity contribution in [2.75, 3.05) is 11.9 Å². The zero-order valence-corrected chi connectivity index (χ0v) is 9.97. The normalized spacial score (nSPS) is 9.69. The van der Waals surface area contributed by atoms with E-state index in [0.717, 1.165) is 13.0 Å². The van der Waals surface area contributed by atoms with Crippen molar-refractivity contribution in [1.29, 1.82) is 0 Å². The molecule has 0 aliphatic rings. The van der Waals surface area contributed by atoms with Crippen LogP contribution in [0.2, 0.25) is 0 Å². The largest absolute Gasteiger partial charge is 0.384 e. The van der Waals surface area contributed by atoms with Crippen molar-refractivity contribution in [3.63, 3.8) is 0 Å². The molecule has 0 fully saturated rings. The van der Waals surface area contributed by atoms with E-state index in [1.54, 1.807) is 0 Å². The van der Waals surface area contributed by atoms with Crippen LogP contribution in [-0.2, 0) is 0 Å². The first-order valence-electron chi connectivity index (χ1n) is 4.33. The van der Waals surface area contributed by atoms with Gasteiger partial charge in [0.2, 0.25) is 0 Å². The van der Waals surface area contributed by atoms with Gasteiger partial charge in [-0.2, -0.15) is 0 Å². The standard InChI is InChI=1S/C11H14IN/c1-9(2)7-8-13-11-6-4-3-5-10(11)12/h3-6,13H,1,7-8H2,2H3. The van der Waals surface area contributed by atoms with Crippen LogP contribution < -0.4 is 5.32 Å². The molecule has 0 aliphatic carbocycles. The van der Waals surface area contributed by atoms with Crippen molar-refractivity contribution < 1.29 is 0 Å². The lowest BCUT2D eigenvalue weighted by atomic mass is 10.2. The van der Waals surface area contributed by atoms with Gasteiger partial charge in [-0.3, -0.25) is 0 Å². The third-order valence-corrected chi connectivity index (χ3v) is 2.68. The maximum absolute atomic E-state index is 3.87. The molecule has 0 saturated heterocycles. The predicted molar refractivity (Wildman–Crippen MR) is 67.1 cm³/mol. The molecule has 0 radical (unpaired) electrons. The summed E-state index contributed by atoms with van der Waals surface area (Å²) in [6.45, 7) is 6.89. The summed E-state index contributed by atoms with van der Waals surface area (Å²) < 4.78 is 1.27. The Labute approximate surface area is 93.4 Å². The van der Waals surface area contributed by atoms with Crippen molar-refractivity contribution in [2.45, 2.75) is 13.3 Å². The highest BCUT2D eigenvalue weighted by Gasteiger charge is 1.95. The minimum absolute atomic E-state index is 0.968. The van der Waals surface area contributed by atoms with E-state index >= 15 is 0 Å². The van der Waals surface area contributed by atoms with E-state index < -0.39 is 0 Å². The highest BCUT2D eigenvalue weighted by atomic mass is 127. The van der Waals surface area contributed by atoms with E-state index in [1.807, 2.05) is 12.1 Å². The highest BCUT2D eigenvalue weighted by Crippen LogP contribution is 2.16. The molecule has 1 aromatic carbocycles. The number of anilines is 1. The number of hydrogen-bond acceptors (Lipinski definition) is 1. The van der Waals surface area contributed by atoms with Gasteiger partial charge in [-0.15, -0.1) is 6.58 Å². The summed E-state index contributed by atoms with van der Waals surface area (Å²) in [5.74, 6) is 0. The fraction of sp³-hybridized carbons (Fsp3) is 0.273. The molecular formula is C11H14IN. The molecule has 1 aromatic rings. The van der Waals surface area contributed by atoms with Crippen molar-refractivity contribution in [3.8, 4) is 0 Å². The van der Waals surface area contributed by atoms with Gasteiger partial charge in [0.1, 0.15) is 0 Å². The van der Waals surface area contributed by atoms with E-state index in [4.69, 9.17) is 0 Å². The minimum Gasteiger partial charge on any atom is -0.384 e. The number of para-hydroxylation sites is 1. The minimum atomic E-state index is 0.968. The summed E-state index contributed by atoms with van der Waals surface area (Å²) in [6, 6.07) is 8.29. The molecule has 0 bridgehead atoms. The van der Waals surface area contributed by atoms with Crippen molar-refractivity contribution in [2.24, 2.45) is 0 Å². The number of rotatable bonds is 4. The molecule has 1 nitrogen and oxygen atoms in total. The zero-order valence-electron chi connectivity index (χ0n) is 7.81. The fourth-order valence-corrected chi connectivity index (χ4v) is 1.59. The second-order valence-corrected chi connectivity index (χ2v) is 4.28. The number of benzene rings is 1. The lowest BCUT2D eigenvalue weighted by Gasteiger charge is -2.07. The topological polar surface area (TPSA) is 12.0 Å². The van der Waals surface area contributed by atoms with Gasteiger partial charge in [0, 0.05) is 15.8 Å². The van der Waals surface area contributed by atoms with Crippen LogP contribution in [0.5, 0.6) is 0 Å². The predicted octanol–water partition coefficient (Wildman–Crippen LogP) is 3.67. The highest BCUT2D eigenvalue weighted by molar-refractivity contribution is 14.1. The quantitative estimate of drug-likeness (QED) is 0.658. The smallest absolute Gasteiger partial charge is 0.0475 e. The molecule has 0 spiro atoms. The number of hydrogen-bond donors (Lipinski definition) is 1. The van der Waals surface area contributed by atoms with E-state index in [0.29, 0.717) is 0 Å². The lowest BCUT2D eigenvalue weighted by molar-refractivity contribution is 1.00. The van der Waals surface area contributed by atoms with Gasteiger partial charge in [-0.05, 0) is 48.1 Å².